The van der Waals surface area contributed by atoms with Crippen LogP contribution in [0.15, 0.2) is 43.0 Å². The van der Waals surface area contributed by atoms with Crippen molar-refractivity contribution in [1.82, 2.24) is 30.9 Å². The molecule has 0 aliphatic heterocycles. The maximum Gasteiger partial charge on any atom is 0.326 e. The van der Waals surface area contributed by atoms with Crippen LogP contribution >= 0.6 is 11.8 Å². The Balaban J connectivity index is 1.82. The van der Waals surface area contributed by atoms with Crippen LogP contribution in [0.2, 0.25) is 0 Å². The van der Waals surface area contributed by atoms with E-state index < -0.39 is 47.9 Å². The number of carbonyl (C=O) groups excluding carboxylic acids is 3. The maximum absolute atomic E-state index is 13.6. The van der Waals surface area contributed by atoms with E-state index in [1.165, 1.54) is 18.1 Å². The minimum absolute atomic E-state index is 0.108. The minimum atomic E-state index is -1.15. The van der Waals surface area contributed by atoms with Gasteiger partial charge in [0.25, 0.3) is 0 Å². The predicted octanol–water partition coefficient (Wildman–Crippen LogP) is 1.34. The molecule has 3 rings (SSSR count). The zero-order valence-corrected chi connectivity index (χ0v) is 24.3. The molecule has 2 heterocycles. The van der Waals surface area contributed by atoms with Gasteiger partial charge < -0.3 is 36.8 Å². The summed E-state index contributed by atoms with van der Waals surface area (Å²) in [5.41, 5.74) is 8.43. The van der Waals surface area contributed by atoms with E-state index in [4.69, 9.17) is 5.73 Å². The Kier molecular flexibility index (Phi) is 11.8. The number of rotatable bonds is 16. The second-order valence-corrected chi connectivity index (χ2v) is 11.1. The third kappa shape index (κ3) is 8.82. The number of amides is 3. The van der Waals surface area contributed by atoms with E-state index in [1.54, 1.807) is 12.4 Å². The molecule has 0 bridgehead atoms. The molecule has 5 atom stereocenters. The van der Waals surface area contributed by atoms with Gasteiger partial charge in [-0.1, -0.05) is 38.5 Å². The lowest BCUT2D eigenvalue weighted by molar-refractivity contribution is -0.142. The zero-order valence-electron chi connectivity index (χ0n) is 23.5. The summed E-state index contributed by atoms with van der Waals surface area (Å²) in [4.78, 5) is 61.9. The lowest BCUT2D eigenvalue weighted by Crippen LogP contribution is -2.59. The Bertz CT molecular complexity index is 1310. The van der Waals surface area contributed by atoms with Gasteiger partial charge in [0.05, 0.1) is 12.4 Å². The van der Waals surface area contributed by atoms with E-state index in [9.17, 15) is 24.3 Å². The molecule has 3 amide bonds. The van der Waals surface area contributed by atoms with E-state index in [2.05, 4.69) is 30.9 Å². The molecular formula is C28H39N7O5S. The molecule has 5 unspecified atom stereocenters. The fourth-order valence-corrected chi connectivity index (χ4v) is 4.92. The van der Waals surface area contributed by atoms with E-state index in [0.29, 0.717) is 17.9 Å². The van der Waals surface area contributed by atoms with E-state index >= 15 is 0 Å². The molecule has 0 saturated carbocycles. The second-order valence-electron chi connectivity index (χ2n) is 10.1. The van der Waals surface area contributed by atoms with Crippen LogP contribution in [-0.2, 0) is 32.0 Å². The first-order valence-electron chi connectivity index (χ1n) is 13.5. The lowest BCUT2D eigenvalue weighted by atomic mass is 9.96. The van der Waals surface area contributed by atoms with Gasteiger partial charge in [-0.25, -0.2) is 9.78 Å². The third-order valence-corrected chi connectivity index (χ3v) is 7.73. The fraction of sp³-hybridized carbons (Fsp3) is 0.464. The highest BCUT2D eigenvalue weighted by Crippen LogP contribution is 2.20. The second kappa shape index (κ2) is 15.2. The summed E-state index contributed by atoms with van der Waals surface area (Å²) < 4.78 is 0. The van der Waals surface area contributed by atoms with Gasteiger partial charge in [0.1, 0.15) is 18.1 Å². The molecule has 1 aromatic carbocycles. The smallest absolute Gasteiger partial charge is 0.326 e. The number of aliphatic carboxylic acids is 1. The van der Waals surface area contributed by atoms with Crippen molar-refractivity contribution in [2.24, 2.45) is 11.7 Å². The number of hydrogen-bond acceptors (Lipinski definition) is 7. The van der Waals surface area contributed by atoms with Crippen molar-refractivity contribution < 1.29 is 24.3 Å². The quantitative estimate of drug-likeness (QED) is 0.131. The number of benzene rings is 1. The van der Waals surface area contributed by atoms with Gasteiger partial charge in [0.2, 0.25) is 17.7 Å². The highest BCUT2D eigenvalue weighted by atomic mass is 32.2. The molecular weight excluding hydrogens is 546 g/mol. The van der Waals surface area contributed by atoms with Crippen LogP contribution in [-0.4, -0.2) is 79.9 Å². The summed E-state index contributed by atoms with van der Waals surface area (Å²) in [7, 11) is 0. The maximum atomic E-state index is 13.6. The first-order chi connectivity index (χ1) is 19.6. The van der Waals surface area contributed by atoms with Crippen LogP contribution in [0.25, 0.3) is 10.9 Å². The van der Waals surface area contributed by atoms with Crippen molar-refractivity contribution in [1.29, 1.82) is 0 Å². The highest BCUT2D eigenvalue weighted by molar-refractivity contribution is 7.98. The van der Waals surface area contributed by atoms with Crippen molar-refractivity contribution in [2.75, 3.05) is 12.0 Å². The molecule has 2 aromatic heterocycles. The fourth-order valence-electron chi connectivity index (χ4n) is 4.44. The molecule has 0 saturated heterocycles. The molecule has 8 N–H and O–H groups in total. The van der Waals surface area contributed by atoms with E-state index in [1.807, 2.05) is 44.4 Å². The average molecular weight is 586 g/mol. The minimum Gasteiger partial charge on any atom is -0.480 e. The van der Waals surface area contributed by atoms with Crippen molar-refractivity contribution in [3.63, 3.8) is 0 Å². The zero-order chi connectivity index (χ0) is 29.9. The van der Waals surface area contributed by atoms with Gasteiger partial charge in [-0.05, 0) is 36.0 Å². The number of aromatic nitrogens is 3. The van der Waals surface area contributed by atoms with Crippen LogP contribution in [0.4, 0.5) is 0 Å². The molecule has 12 nitrogen and oxygen atoms in total. The number of fused-ring (bicyclic) bond motifs is 1. The standard InChI is InChI=1S/C28H39N7O5S/c1-4-16(2)24(35-25(36)20(29)12-18-14-30-15-32-18)27(38)34-23(26(37)33-22(28(39)40)9-10-41-3)11-17-13-31-21-8-6-5-7-19(17)21/h5-8,13-16,20,22-24,31H,4,9-12,29H2,1-3H3,(H,30,32)(H,33,37)(H,34,38)(H,35,36)(H,39,40). The number of nitrogens with zero attached hydrogens (tertiary/aromatic N) is 1. The molecule has 3 aromatic rings. The topological polar surface area (TPSA) is 195 Å². The number of carbonyl (C=O) groups is 4. The Morgan fingerprint density at radius 2 is 1.76 bits per heavy atom. The Morgan fingerprint density at radius 1 is 1.02 bits per heavy atom. The summed E-state index contributed by atoms with van der Waals surface area (Å²) in [6, 6.07) is 3.46. The van der Waals surface area contributed by atoms with Crippen molar-refractivity contribution >= 4 is 46.4 Å². The summed E-state index contributed by atoms with van der Waals surface area (Å²) in [6.45, 7) is 3.71. The van der Waals surface area contributed by atoms with Gasteiger partial charge in [0.15, 0.2) is 0 Å². The largest absolute Gasteiger partial charge is 0.480 e. The lowest BCUT2D eigenvalue weighted by Gasteiger charge is -2.28. The number of thioether (sulfide) groups is 1. The molecule has 0 fully saturated rings. The molecule has 41 heavy (non-hydrogen) atoms. The van der Waals surface area contributed by atoms with E-state index in [-0.39, 0.29) is 25.2 Å². The van der Waals surface area contributed by atoms with Crippen LogP contribution in [0.3, 0.4) is 0 Å². The number of carboxylic acid groups (broad SMARTS) is 1. The predicted molar refractivity (Wildman–Crippen MR) is 158 cm³/mol. The molecule has 222 valence electrons. The Morgan fingerprint density at radius 3 is 2.41 bits per heavy atom. The van der Waals surface area contributed by atoms with Crippen LogP contribution in [0, 0.1) is 5.92 Å². The Labute approximate surface area is 243 Å². The summed E-state index contributed by atoms with van der Waals surface area (Å²) in [5.74, 6) is -2.58. The summed E-state index contributed by atoms with van der Waals surface area (Å²) in [5, 5.41) is 18.7. The molecule has 0 aliphatic rings. The SMILES string of the molecule is CCC(C)C(NC(=O)C(N)Cc1cnc[nH]1)C(=O)NC(Cc1c[nH]c2ccccc12)C(=O)NC(CCSC)C(=O)O. The number of para-hydroxylation sites is 1. The van der Waals surface area contributed by atoms with Crippen molar-refractivity contribution in [3.8, 4) is 0 Å². The number of nitrogens with one attached hydrogen (secondary N) is 5. The first-order valence-corrected chi connectivity index (χ1v) is 14.9. The molecule has 0 aliphatic carbocycles. The summed E-state index contributed by atoms with van der Waals surface area (Å²) >= 11 is 1.47. The van der Waals surface area contributed by atoms with Gasteiger partial charge in [-0.15, -0.1) is 0 Å². The van der Waals surface area contributed by atoms with Crippen LogP contribution in [0.1, 0.15) is 37.9 Å². The summed E-state index contributed by atoms with van der Waals surface area (Å²) in [6.07, 6.45) is 7.80. The van der Waals surface area contributed by atoms with Gasteiger partial charge in [-0.2, -0.15) is 11.8 Å². The number of H-pyrrole nitrogens is 2. The van der Waals surface area contributed by atoms with Crippen molar-refractivity contribution in [2.45, 2.75) is 63.7 Å². The Hall–Kier alpha value is -3.84. The van der Waals surface area contributed by atoms with E-state index in [0.717, 1.165) is 16.5 Å². The number of hydrogen-bond donors (Lipinski definition) is 7. The van der Waals surface area contributed by atoms with Gasteiger partial charge >= 0.3 is 5.97 Å². The van der Waals surface area contributed by atoms with Crippen LogP contribution in [0.5, 0.6) is 0 Å². The number of aromatic amines is 2. The highest BCUT2D eigenvalue weighted by Gasteiger charge is 2.33. The number of nitrogens with two attached hydrogens (primary N) is 1. The number of imidazole rings is 1. The van der Waals surface area contributed by atoms with Crippen molar-refractivity contribution in [3.05, 3.63) is 54.2 Å². The normalized spacial score (nSPS) is 14.9. The monoisotopic (exact) mass is 585 g/mol. The third-order valence-electron chi connectivity index (χ3n) is 7.08. The first kappa shape index (κ1) is 31.7. The van der Waals surface area contributed by atoms with Gasteiger partial charge in [-0.3, -0.25) is 14.4 Å². The molecule has 0 spiro atoms. The van der Waals surface area contributed by atoms with Gasteiger partial charge in [0, 0.05) is 41.8 Å². The number of carboxylic acids is 1. The average Bonchev–Trinajstić information content (AvgIpc) is 3.62. The molecule has 0 radical (unpaired) electrons. The molecule has 13 heteroatoms. The van der Waals surface area contributed by atoms with Crippen LogP contribution < -0.4 is 21.7 Å².